The number of benzene rings is 1. The SMILES string of the molecule is COCC[O][Al]([Cl])[O]C(=O)c1ccccc1. The second-order valence-electron chi connectivity index (χ2n) is 2.91. The molecule has 1 aromatic rings. The van der Waals surface area contributed by atoms with Gasteiger partial charge >= 0.3 is 19.9 Å². The molecule has 0 amide bonds. The van der Waals surface area contributed by atoms with Gasteiger partial charge in [0.25, 0.3) is 0 Å². The summed E-state index contributed by atoms with van der Waals surface area (Å²) in [6.07, 6.45) is 0. The van der Waals surface area contributed by atoms with Crippen LogP contribution in [0.4, 0.5) is 0 Å². The van der Waals surface area contributed by atoms with E-state index in [2.05, 4.69) is 0 Å². The highest BCUT2D eigenvalue weighted by molar-refractivity contribution is 7.00. The van der Waals surface area contributed by atoms with Crippen molar-refractivity contribution in [1.82, 2.24) is 0 Å². The van der Waals surface area contributed by atoms with Gasteiger partial charge in [-0.25, -0.2) is 4.79 Å². The average molecular weight is 259 g/mol. The molecular weight excluding hydrogens is 247 g/mol. The van der Waals surface area contributed by atoms with Crippen LogP contribution in [0.2, 0.25) is 0 Å². The second kappa shape index (κ2) is 7.66. The van der Waals surface area contributed by atoms with Gasteiger partial charge in [-0.05, 0) is 12.1 Å². The number of rotatable bonds is 6. The third-order valence-electron chi connectivity index (χ3n) is 1.75. The first-order valence-corrected chi connectivity index (χ1v) is 7.43. The molecule has 0 radical (unpaired) electrons. The molecule has 0 bridgehead atoms. The maximum atomic E-state index is 11.5. The standard InChI is InChI=1S/C7H6O2.C3H7O2.Al.ClH/c8-7(9)6-4-2-1-3-5-6;1-5-3-2-4;;/h1-5H,(H,8,9);2-3H2,1H3;;1H/q;-1;+3;/p-2. The van der Waals surface area contributed by atoms with Crippen molar-refractivity contribution in [3.05, 3.63) is 35.9 Å². The zero-order valence-electron chi connectivity index (χ0n) is 8.89. The molecule has 0 fully saturated rings. The lowest BCUT2D eigenvalue weighted by atomic mass is 10.2. The number of hydrogen-bond acceptors (Lipinski definition) is 4. The molecule has 6 heteroatoms. The quantitative estimate of drug-likeness (QED) is 0.576. The van der Waals surface area contributed by atoms with Crippen molar-refractivity contribution in [3.63, 3.8) is 0 Å². The zero-order chi connectivity index (χ0) is 11.8. The molecule has 0 atom stereocenters. The van der Waals surface area contributed by atoms with Crippen LogP contribution in [-0.2, 0) is 12.3 Å². The van der Waals surface area contributed by atoms with Gasteiger partial charge in [0.1, 0.15) is 0 Å². The Bertz CT molecular complexity index is 320. The van der Waals surface area contributed by atoms with Crippen molar-refractivity contribution in [2.75, 3.05) is 20.3 Å². The Kier molecular flexibility index (Phi) is 6.47. The monoisotopic (exact) mass is 258 g/mol. The first-order valence-electron chi connectivity index (χ1n) is 4.74. The minimum atomic E-state index is -2.42. The van der Waals surface area contributed by atoms with Gasteiger partial charge in [-0.15, -0.1) is 0 Å². The molecule has 0 saturated heterocycles. The van der Waals surface area contributed by atoms with Crippen LogP contribution in [0.1, 0.15) is 10.4 Å². The maximum absolute atomic E-state index is 11.5. The molecule has 0 unspecified atom stereocenters. The molecule has 16 heavy (non-hydrogen) atoms. The summed E-state index contributed by atoms with van der Waals surface area (Å²) in [5.74, 6) is -0.454. The molecule has 0 saturated carbocycles. The van der Waals surface area contributed by atoms with E-state index in [4.69, 9.17) is 22.4 Å². The molecule has 1 rings (SSSR count). The smallest absolute Gasteiger partial charge is 0.579 e. The van der Waals surface area contributed by atoms with Crippen molar-refractivity contribution >= 4 is 29.9 Å². The van der Waals surface area contributed by atoms with Crippen LogP contribution in [0.5, 0.6) is 0 Å². The maximum Gasteiger partial charge on any atom is 0.908 e. The first-order chi connectivity index (χ1) is 7.74. The van der Waals surface area contributed by atoms with E-state index in [1.54, 1.807) is 31.4 Å². The Morgan fingerprint density at radius 3 is 2.62 bits per heavy atom. The summed E-state index contributed by atoms with van der Waals surface area (Å²) in [6.45, 7) is 0.762. The topological polar surface area (TPSA) is 44.8 Å². The van der Waals surface area contributed by atoms with Crippen LogP contribution in [0, 0.1) is 0 Å². The normalized spacial score (nSPS) is 9.88. The van der Waals surface area contributed by atoms with Crippen LogP contribution in [0.3, 0.4) is 0 Å². The van der Waals surface area contributed by atoms with Crippen LogP contribution in [0.15, 0.2) is 30.3 Å². The highest BCUT2D eigenvalue weighted by atomic mass is 35.6. The van der Waals surface area contributed by atoms with E-state index in [1.165, 1.54) is 0 Å². The van der Waals surface area contributed by atoms with E-state index < -0.39 is 19.9 Å². The van der Waals surface area contributed by atoms with Gasteiger partial charge in [0.05, 0.1) is 12.2 Å². The Balaban J connectivity index is 2.34. The molecule has 4 nitrogen and oxygen atoms in total. The summed E-state index contributed by atoms with van der Waals surface area (Å²) in [5, 5.41) is 0. The second-order valence-corrected chi connectivity index (χ2v) is 5.10. The zero-order valence-corrected chi connectivity index (χ0v) is 10.8. The number of methoxy groups -OCH3 is 1. The van der Waals surface area contributed by atoms with Gasteiger partial charge in [0.15, 0.2) is 0 Å². The van der Waals surface area contributed by atoms with Crippen molar-refractivity contribution in [1.29, 1.82) is 0 Å². The van der Waals surface area contributed by atoms with E-state index in [9.17, 15) is 4.79 Å². The van der Waals surface area contributed by atoms with E-state index in [1.807, 2.05) is 6.07 Å². The van der Waals surface area contributed by atoms with Crippen LogP contribution < -0.4 is 0 Å². The number of halogens is 1. The fourth-order valence-corrected chi connectivity index (χ4v) is 2.15. The van der Waals surface area contributed by atoms with Crippen LogP contribution >= 0.6 is 10.0 Å². The Hall–Kier alpha value is -0.568. The fraction of sp³-hybridized carbons (Fsp3) is 0.300. The molecule has 86 valence electrons. The molecular formula is C10H12AlClO4. The van der Waals surface area contributed by atoms with Gasteiger partial charge in [-0.3, -0.25) is 0 Å². The molecule has 0 aromatic heterocycles. The highest BCUT2D eigenvalue weighted by Crippen LogP contribution is 2.04. The predicted octanol–water partition coefficient (Wildman–Crippen LogP) is 1.73. The minimum Gasteiger partial charge on any atom is -0.579 e. The van der Waals surface area contributed by atoms with Gasteiger partial charge in [0.2, 0.25) is 0 Å². The lowest BCUT2D eigenvalue weighted by Crippen LogP contribution is -2.22. The van der Waals surface area contributed by atoms with Crippen molar-refractivity contribution in [3.8, 4) is 0 Å². The molecule has 0 aliphatic heterocycles. The highest BCUT2D eigenvalue weighted by Gasteiger charge is 2.29. The van der Waals surface area contributed by atoms with E-state index in [-0.39, 0.29) is 0 Å². The molecule has 0 aliphatic carbocycles. The van der Waals surface area contributed by atoms with E-state index in [0.717, 1.165) is 0 Å². The number of ether oxygens (including phenoxy) is 1. The van der Waals surface area contributed by atoms with Gasteiger partial charge in [0, 0.05) is 13.7 Å². The number of hydrogen-bond donors (Lipinski definition) is 0. The van der Waals surface area contributed by atoms with Gasteiger partial charge < -0.3 is 12.3 Å². The minimum absolute atomic E-state index is 0.332. The van der Waals surface area contributed by atoms with Crippen molar-refractivity contribution in [2.45, 2.75) is 0 Å². The molecule has 1 aromatic carbocycles. The Morgan fingerprint density at radius 1 is 1.31 bits per heavy atom. The van der Waals surface area contributed by atoms with Crippen molar-refractivity contribution in [2.24, 2.45) is 0 Å². The lowest BCUT2D eigenvalue weighted by Gasteiger charge is -2.08. The van der Waals surface area contributed by atoms with Crippen LogP contribution in [-0.4, -0.2) is 40.2 Å². The molecule has 0 spiro atoms. The van der Waals surface area contributed by atoms with E-state index >= 15 is 0 Å². The third kappa shape index (κ3) is 4.97. The number of carbonyl (C=O) groups is 1. The largest absolute Gasteiger partial charge is 0.908 e. The molecule has 0 heterocycles. The predicted molar refractivity (Wildman–Crippen MR) is 61.3 cm³/mol. The van der Waals surface area contributed by atoms with Crippen LogP contribution in [0.25, 0.3) is 0 Å². The first kappa shape index (κ1) is 13.5. The summed E-state index contributed by atoms with van der Waals surface area (Å²) in [7, 11) is 7.34. The van der Waals surface area contributed by atoms with Crippen molar-refractivity contribution < 1.29 is 17.1 Å². The third-order valence-corrected chi connectivity index (χ3v) is 3.29. The summed E-state index contributed by atoms with van der Waals surface area (Å²) in [5.41, 5.74) is 0.469. The molecule has 0 N–H and O–H groups in total. The molecule has 0 aliphatic rings. The van der Waals surface area contributed by atoms with Gasteiger partial charge in [-0.1, -0.05) is 18.2 Å². The van der Waals surface area contributed by atoms with Gasteiger partial charge in [-0.2, -0.15) is 10.0 Å². The summed E-state index contributed by atoms with van der Waals surface area (Å²) in [6, 6.07) is 8.66. The summed E-state index contributed by atoms with van der Waals surface area (Å²) < 4.78 is 14.9. The Morgan fingerprint density at radius 2 is 2.00 bits per heavy atom. The average Bonchev–Trinajstić information content (AvgIpc) is 2.30. The fourth-order valence-electron chi connectivity index (χ4n) is 0.985. The summed E-state index contributed by atoms with van der Waals surface area (Å²) in [4.78, 5) is 11.5. The Labute approximate surface area is 103 Å². The van der Waals surface area contributed by atoms with E-state index in [0.29, 0.717) is 18.8 Å². The summed E-state index contributed by atoms with van der Waals surface area (Å²) >= 11 is -2.42. The number of carbonyl (C=O) groups excluding carboxylic acids is 1. The lowest BCUT2D eigenvalue weighted by molar-refractivity contribution is 0.0670.